The molecule has 0 saturated heterocycles. The van der Waals surface area contributed by atoms with E-state index in [0.717, 1.165) is 11.3 Å². The first kappa shape index (κ1) is 16.6. The number of rotatable bonds is 5. The minimum Gasteiger partial charge on any atom is -0.352 e. The van der Waals surface area contributed by atoms with Crippen molar-refractivity contribution in [1.82, 2.24) is 15.1 Å². The number of nitrogens with one attached hydrogen (secondary N) is 1. The van der Waals surface area contributed by atoms with Gasteiger partial charge in [-0.3, -0.25) is 4.79 Å². The normalized spacial score (nSPS) is 10.6. The molecule has 0 fully saturated rings. The van der Waals surface area contributed by atoms with Crippen molar-refractivity contribution < 1.29 is 4.79 Å². The lowest BCUT2D eigenvalue weighted by Gasteiger charge is -2.07. The molecule has 1 heterocycles. The highest BCUT2D eigenvalue weighted by molar-refractivity contribution is 6.43. The third-order valence-corrected chi connectivity index (χ3v) is 4.37. The lowest BCUT2D eigenvalue weighted by atomic mass is 10.2. The van der Waals surface area contributed by atoms with Crippen LogP contribution in [0.25, 0.3) is 5.69 Å². The number of hydrogen-bond donors (Lipinski definition) is 1. The van der Waals surface area contributed by atoms with Gasteiger partial charge in [0, 0.05) is 12.7 Å². The molecule has 4 nitrogen and oxygen atoms in total. The lowest BCUT2D eigenvalue weighted by Crippen LogP contribution is -2.25. The number of amides is 1. The Kier molecular flexibility index (Phi) is 5.18. The van der Waals surface area contributed by atoms with Crippen LogP contribution in [0.15, 0.2) is 60.9 Å². The molecule has 0 unspecified atom stereocenters. The van der Waals surface area contributed by atoms with Crippen LogP contribution in [0, 0.1) is 0 Å². The number of carbonyl (C=O) groups is 1. The fraction of sp³-hybridized carbons (Fsp3) is 0.111. The fourth-order valence-corrected chi connectivity index (χ4v) is 2.69. The molecule has 0 aliphatic rings. The van der Waals surface area contributed by atoms with E-state index in [1.165, 1.54) is 0 Å². The molecule has 1 aromatic heterocycles. The molecule has 2 aromatic carbocycles. The monoisotopic (exact) mass is 359 g/mol. The number of hydrogen-bond acceptors (Lipinski definition) is 2. The minimum atomic E-state index is -0.238. The van der Waals surface area contributed by atoms with Gasteiger partial charge in [-0.05, 0) is 36.2 Å². The van der Waals surface area contributed by atoms with E-state index in [-0.39, 0.29) is 10.9 Å². The summed E-state index contributed by atoms with van der Waals surface area (Å²) in [4.78, 5) is 12.2. The predicted molar refractivity (Wildman–Crippen MR) is 96.1 cm³/mol. The Bertz CT molecular complexity index is 846. The second-order valence-electron chi connectivity index (χ2n) is 5.24. The molecule has 0 radical (unpaired) electrons. The van der Waals surface area contributed by atoms with Gasteiger partial charge in [0.25, 0.3) is 5.91 Å². The summed E-state index contributed by atoms with van der Waals surface area (Å²) in [6.07, 6.45) is 4.43. The molecular formula is C18H15Cl2N3O. The highest BCUT2D eigenvalue weighted by Gasteiger charge is 2.12. The maximum absolute atomic E-state index is 12.2. The summed E-state index contributed by atoms with van der Waals surface area (Å²) in [5.41, 5.74) is 2.42. The fourth-order valence-electron chi connectivity index (χ4n) is 2.31. The van der Waals surface area contributed by atoms with E-state index in [9.17, 15) is 4.79 Å². The van der Waals surface area contributed by atoms with E-state index >= 15 is 0 Å². The Morgan fingerprint density at radius 1 is 1.08 bits per heavy atom. The van der Waals surface area contributed by atoms with Crippen molar-refractivity contribution in [2.24, 2.45) is 0 Å². The maximum Gasteiger partial charge on any atom is 0.252 e. The van der Waals surface area contributed by atoms with Gasteiger partial charge in [0.05, 0.1) is 27.5 Å². The molecule has 0 bridgehead atoms. The van der Waals surface area contributed by atoms with Crippen LogP contribution in [0.1, 0.15) is 15.9 Å². The molecule has 0 saturated carbocycles. The third-order valence-electron chi connectivity index (χ3n) is 3.55. The molecule has 0 aliphatic heterocycles. The maximum atomic E-state index is 12.2. The molecule has 6 heteroatoms. The Balaban J connectivity index is 1.58. The first-order chi connectivity index (χ1) is 11.6. The Morgan fingerprint density at radius 2 is 1.88 bits per heavy atom. The van der Waals surface area contributed by atoms with E-state index in [2.05, 4.69) is 10.4 Å². The van der Waals surface area contributed by atoms with E-state index < -0.39 is 0 Å². The van der Waals surface area contributed by atoms with Gasteiger partial charge in [-0.25, -0.2) is 4.68 Å². The summed E-state index contributed by atoms with van der Waals surface area (Å²) < 4.78 is 1.81. The van der Waals surface area contributed by atoms with E-state index in [1.54, 1.807) is 24.4 Å². The van der Waals surface area contributed by atoms with Crippen molar-refractivity contribution >= 4 is 29.1 Å². The number of halogens is 2. The van der Waals surface area contributed by atoms with E-state index in [0.29, 0.717) is 23.6 Å². The Morgan fingerprint density at radius 3 is 2.67 bits per heavy atom. The number of benzene rings is 2. The average molecular weight is 360 g/mol. The molecule has 1 amide bonds. The number of carbonyl (C=O) groups excluding carboxylic acids is 1. The summed E-state index contributed by atoms with van der Waals surface area (Å²) in [5.74, 6) is -0.238. The van der Waals surface area contributed by atoms with Crippen LogP contribution in [-0.2, 0) is 6.42 Å². The number of aromatic nitrogens is 2. The van der Waals surface area contributed by atoms with Gasteiger partial charge in [0.2, 0.25) is 0 Å². The predicted octanol–water partition coefficient (Wildman–Crippen LogP) is 4.15. The van der Waals surface area contributed by atoms with Crippen LogP contribution in [0.5, 0.6) is 0 Å². The molecule has 24 heavy (non-hydrogen) atoms. The second-order valence-corrected chi connectivity index (χ2v) is 6.02. The van der Waals surface area contributed by atoms with Crippen molar-refractivity contribution in [2.75, 3.05) is 6.54 Å². The SMILES string of the molecule is O=C(NCCc1cnn(-c2ccccc2)c1)c1cccc(Cl)c1Cl. The van der Waals surface area contributed by atoms with Crippen LogP contribution in [0.3, 0.4) is 0 Å². The number of para-hydroxylation sites is 1. The molecule has 0 aliphatic carbocycles. The van der Waals surface area contributed by atoms with Crippen molar-refractivity contribution in [3.8, 4) is 5.69 Å². The van der Waals surface area contributed by atoms with Crippen molar-refractivity contribution in [2.45, 2.75) is 6.42 Å². The lowest BCUT2D eigenvalue weighted by molar-refractivity contribution is 0.0954. The third kappa shape index (κ3) is 3.78. The number of nitrogens with zero attached hydrogens (tertiary/aromatic N) is 2. The zero-order valence-electron chi connectivity index (χ0n) is 12.7. The van der Waals surface area contributed by atoms with Crippen molar-refractivity contribution in [3.05, 3.63) is 82.1 Å². The van der Waals surface area contributed by atoms with Gasteiger partial charge >= 0.3 is 0 Å². The van der Waals surface area contributed by atoms with Crippen molar-refractivity contribution in [3.63, 3.8) is 0 Å². The van der Waals surface area contributed by atoms with Gasteiger partial charge in [0.1, 0.15) is 0 Å². The molecule has 122 valence electrons. The molecule has 3 rings (SSSR count). The first-order valence-electron chi connectivity index (χ1n) is 7.46. The van der Waals surface area contributed by atoms with Gasteiger partial charge < -0.3 is 5.32 Å². The average Bonchev–Trinajstić information content (AvgIpc) is 3.07. The van der Waals surface area contributed by atoms with Gasteiger partial charge in [-0.15, -0.1) is 0 Å². The van der Waals surface area contributed by atoms with Crippen LogP contribution in [0.2, 0.25) is 10.0 Å². The molecule has 3 aromatic rings. The molecular weight excluding hydrogens is 345 g/mol. The zero-order valence-corrected chi connectivity index (χ0v) is 14.3. The minimum absolute atomic E-state index is 0.238. The Labute approximate surface area is 150 Å². The summed E-state index contributed by atoms with van der Waals surface area (Å²) in [6, 6.07) is 14.9. The topological polar surface area (TPSA) is 46.9 Å². The second kappa shape index (κ2) is 7.51. The van der Waals surface area contributed by atoms with Gasteiger partial charge in [-0.2, -0.15) is 5.10 Å². The van der Waals surface area contributed by atoms with Crippen LogP contribution < -0.4 is 5.32 Å². The standard InChI is InChI=1S/C18H15Cl2N3O/c19-16-8-4-7-15(17(16)20)18(24)21-10-9-13-11-22-23(12-13)14-5-2-1-3-6-14/h1-8,11-12H,9-10H2,(H,21,24). The van der Waals surface area contributed by atoms with Gasteiger partial charge in [-0.1, -0.05) is 47.5 Å². The highest BCUT2D eigenvalue weighted by atomic mass is 35.5. The summed E-state index contributed by atoms with van der Waals surface area (Å²) in [7, 11) is 0. The van der Waals surface area contributed by atoms with Crippen LogP contribution in [0.4, 0.5) is 0 Å². The quantitative estimate of drug-likeness (QED) is 0.743. The van der Waals surface area contributed by atoms with Crippen molar-refractivity contribution in [1.29, 1.82) is 0 Å². The summed E-state index contributed by atoms with van der Waals surface area (Å²) in [6.45, 7) is 0.488. The summed E-state index contributed by atoms with van der Waals surface area (Å²) in [5, 5.41) is 7.82. The molecule has 1 N–H and O–H groups in total. The first-order valence-corrected chi connectivity index (χ1v) is 8.22. The zero-order chi connectivity index (χ0) is 16.9. The summed E-state index contributed by atoms with van der Waals surface area (Å²) >= 11 is 12.0. The largest absolute Gasteiger partial charge is 0.352 e. The van der Waals surface area contributed by atoms with E-state index in [1.807, 2.05) is 41.2 Å². The van der Waals surface area contributed by atoms with Crippen LogP contribution in [-0.4, -0.2) is 22.2 Å². The van der Waals surface area contributed by atoms with E-state index in [4.69, 9.17) is 23.2 Å². The Hall–Kier alpha value is -2.30. The highest BCUT2D eigenvalue weighted by Crippen LogP contribution is 2.25. The van der Waals surface area contributed by atoms with Gasteiger partial charge in [0.15, 0.2) is 0 Å². The van der Waals surface area contributed by atoms with Crippen LogP contribution >= 0.6 is 23.2 Å². The molecule has 0 spiro atoms. The molecule has 0 atom stereocenters. The smallest absolute Gasteiger partial charge is 0.252 e.